The first-order valence-corrected chi connectivity index (χ1v) is 11.6. The monoisotopic (exact) mass is 490 g/mol. The Morgan fingerprint density at radius 2 is 1.94 bits per heavy atom. The number of esters is 1. The molecule has 0 aliphatic carbocycles. The van der Waals surface area contributed by atoms with Gasteiger partial charge in [0, 0.05) is 13.1 Å². The van der Waals surface area contributed by atoms with E-state index in [4.69, 9.17) is 21.1 Å². The highest BCUT2D eigenvalue weighted by Crippen LogP contribution is 2.21. The maximum absolute atomic E-state index is 13.0. The SMILES string of the molecule is Cc1c(Cl)nc(NC[C@H]2CCCN2C(=O)OC(C)(C)C)c(=O)n1CC(=O)OCc1ccccc1. The summed E-state index contributed by atoms with van der Waals surface area (Å²) in [7, 11) is 0. The lowest BCUT2D eigenvalue weighted by Gasteiger charge is -2.28. The average Bonchev–Trinajstić information content (AvgIpc) is 3.25. The fourth-order valence-corrected chi connectivity index (χ4v) is 3.85. The maximum Gasteiger partial charge on any atom is 0.410 e. The van der Waals surface area contributed by atoms with Gasteiger partial charge in [-0.3, -0.25) is 14.2 Å². The summed E-state index contributed by atoms with van der Waals surface area (Å²) in [6.45, 7) is 7.78. The van der Waals surface area contributed by atoms with Crippen LogP contribution in [0, 0.1) is 6.92 Å². The minimum atomic E-state index is -0.591. The van der Waals surface area contributed by atoms with Crippen LogP contribution in [0.15, 0.2) is 35.1 Å². The van der Waals surface area contributed by atoms with E-state index in [1.54, 1.807) is 11.8 Å². The number of nitrogens with zero attached hydrogens (tertiary/aromatic N) is 3. The minimum absolute atomic E-state index is 0.0162. The third kappa shape index (κ3) is 6.72. The zero-order chi connectivity index (χ0) is 24.9. The molecule has 3 rings (SSSR count). The number of hydrogen-bond acceptors (Lipinski definition) is 7. The number of carbonyl (C=O) groups is 2. The molecular weight excluding hydrogens is 460 g/mol. The van der Waals surface area contributed by atoms with Crippen LogP contribution in [0.25, 0.3) is 0 Å². The second kappa shape index (κ2) is 10.9. The molecular formula is C24H31ClN4O5. The molecule has 0 bridgehead atoms. The molecule has 0 unspecified atom stereocenters. The molecule has 1 aromatic heterocycles. The Morgan fingerprint density at radius 1 is 1.24 bits per heavy atom. The van der Waals surface area contributed by atoms with Crippen molar-refractivity contribution in [1.82, 2.24) is 14.5 Å². The summed E-state index contributed by atoms with van der Waals surface area (Å²) in [6, 6.07) is 9.12. The van der Waals surface area contributed by atoms with E-state index in [1.807, 2.05) is 51.1 Å². The first-order valence-electron chi connectivity index (χ1n) is 11.2. The van der Waals surface area contributed by atoms with Crippen molar-refractivity contribution in [3.05, 3.63) is 57.1 Å². The van der Waals surface area contributed by atoms with Crippen LogP contribution in [0.2, 0.25) is 5.15 Å². The Hall–Kier alpha value is -3.07. The second-order valence-corrected chi connectivity index (χ2v) is 9.58. The van der Waals surface area contributed by atoms with Crippen LogP contribution in [0.3, 0.4) is 0 Å². The van der Waals surface area contributed by atoms with Crippen molar-refractivity contribution in [2.24, 2.45) is 0 Å². The van der Waals surface area contributed by atoms with E-state index in [0.29, 0.717) is 18.8 Å². The largest absolute Gasteiger partial charge is 0.459 e. The van der Waals surface area contributed by atoms with Crippen molar-refractivity contribution in [2.75, 3.05) is 18.4 Å². The summed E-state index contributed by atoms with van der Waals surface area (Å²) in [5.41, 5.74) is 0.138. The second-order valence-electron chi connectivity index (χ2n) is 9.22. The zero-order valence-electron chi connectivity index (χ0n) is 20.0. The van der Waals surface area contributed by atoms with Crippen LogP contribution in [0.4, 0.5) is 10.6 Å². The standard InChI is InChI=1S/C24H31ClN4O5/c1-16-20(25)27-21(26-13-18-11-8-12-28(18)23(32)34-24(2,3)4)22(31)29(16)14-19(30)33-15-17-9-6-5-7-10-17/h5-7,9-10,18H,8,11-15H2,1-4H3,(H,26,27)/t18-/m1/s1. The molecule has 1 atom stereocenters. The Labute approximate surface area is 204 Å². The molecule has 1 N–H and O–H groups in total. The molecule has 1 saturated heterocycles. The molecule has 1 fully saturated rings. The molecule has 2 aromatic rings. The van der Waals surface area contributed by atoms with E-state index in [2.05, 4.69) is 10.3 Å². The molecule has 1 aliphatic heterocycles. The molecule has 1 amide bonds. The number of ether oxygens (including phenoxy) is 2. The number of aromatic nitrogens is 2. The molecule has 0 saturated carbocycles. The molecule has 9 nitrogen and oxygen atoms in total. The van der Waals surface area contributed by atoms with Crippen molar-refractivity contribution in [3.63, 3.8) is 0 Å². The van der Waals surface area contributed by atoms with Gasteiger partial charge in [0.15, 0.2) is 11.0 Å². The number of benzene rings is 1. The Balaban J connectivity index is 1.67. The lowest BCUT2D eigenvalue weighted by atomic mass is 10.2. The quantitative estimate of drug-likeness (QED) is 0.589. The van der Waals surface area contributed by atoms with Gasteiger partial charge in [0.1, 0.15) is 18.8 Å². The molecule has 10 heteroatoms. The number of halogens is 1. The predicted octanol–water partition coefficient (Wildman–Crippen LogP) is 3.76. The summed E-state index contributed by atoms with van der Waals surface area (Å²) in [5.74, 6) is -0.545. The van der Waals surface area contributed by atoms with E-state index >= 15 is 0 Å². The lowest BCUT2D eigenvalue weighted by molar-refractivity contribution is -0.145. The van der Waals surface area contributed by atoms with Crippen molar-refractivity contribution < 1.29 is 19.1 Å². The highest BCUT2D eigenvalue weighted by Gasteiger charge is 2.32. The summed E-state index contributed by atoms with van der Waals surface area (Å²) in [6.07, 6.45) is 1.22. The van der Waals surface area contributed by atoms with Gasteiger partial charge in [-0.2, -0.15) is 0 Å². The van der Waals surface area contributed by atoms with E-state index in [1.165, 1.54) is 4.57 Å². The molecule has 1 aromatic carbocycles. The average molecular weight is 491 g/mol. The van der Waals surface area contributed by atoms with Gasteiger partial charge in [-0.15, -0.1) is 0 Å². The van der Waals surface area contributed by atoms with Gasteiger partial charge in [0.2, 0.25) is 0 Å². The Kier molecular flexibility index (Phi) is 8.19. The summed E-state index contributed by atoms with van der Waals surface area (Å²) >= 11 is 6.25. The van der Waals surface area contributed by atoms with E-state index < -0.39 is 17.1 Å². The van der Waals surface area contributed by atoms with Crippen molar-refractivity contribution >= 4 is 29.5 Å². The van der Waals surface area contributed by atoms with Crippen molar-refractivity contribution in [3.8, 4) is 0 Å². The molecule has 184 valence electrons. The number of amides is 1. The zero-order valence-corrected chi connectivity index (χ0v) is 20.7. The molecule has 34 heavy (non-hydrogen) atoms. The van der Waals surface area contributed by atoms with Crippen molar-refractivity contribution in [2.45, 2.75) is 65.3 Å². The van der Waals surface area contributed by atoms with Gasteiger partial charge in [0.05, 0.1) is 11.7 Å². The fourth-order valence-electron chi connectivity index (χ4n) is 3.66. The number of anilines is 1. The number of nitrogens with one attached hydrogen (secondary N) is 1. The molecule has 2 heterocycles. The number of carbonyl (C=O) groups excluding carboxylic acids is 2. The highest BCUT2D eigenvalue weighted by atomic mass is 35.5. The van der Waals surface area contributed by atoms with Gasteiger partial charge >= 0.3 is 12.1 Å². The Bertz CT molecular complexity index is 1080. The smallest absolute Gasteiger partial charge is 0.410 e. The van der Waals surface area contributed by atoms with Crippen LogP contribution in [-0.4, -0.2) is 51.2 Å². The minimum Gasteiger partial charge on any atom is -0.459 e. The van der Waals surface area contributed by atoms with E-state index in [-0.39, 0.29) is 36.3 Å². The maximum atomic E-state index is 13.0. The van der Waals surface area contributed by atoms with Gasteiger partial charge < -0.3 is 19.7 Å². The van der Waals surface area contributed by atoms with Gasteiger partial charge in [-0.25, -0.2) is 9.78 Å². The van der Waals surface area contributed by atoms with E-state index in [9.17, 15) is 14.4 Å². The van der Waals surface area contributed by atoms with Gasteiger partial charge in [0.25, 0.3) is 5.56 Å². The summed E-state index contributed by atoms with van der Waals surface area (Å²) < 4.78 is 12.0. The van der Waals surface area contributed by atoms with Crippen LogP contribution in [0.1, 0.15) is 44.9 Å². The number of rotatable bonds is 7. The highest BCUT2D eigenvalue weighted by molar-refractivity contribution is 6.30. The number of hydrogen-bond donors (Lipinski definition) is 1. The van der Waals surface area contributed by atoms with Crippen LogP contribution in [-0.2, 0) is 27.4 Å². The van der Waals surface area contributed by atoms with Gasteiger partial charge in [-0.1, -0.05) is 41.9 Å². The number of likely N-dealkylation sites (tertiary alicyclic amines) is 1. The van der Waals surface area contributed by atoms with Crippen LogP contribution < -0.4 is 10.9 Å². The molecule has 1 aliphatic rings. The van der Waals surface area contributed by atoms with E-state index in [0.717, 1.165) is 18.4 Å². The topological polar surface area (TPSA) is 103 Å². The normalized spacial score (nSPS) is 15.8. The summed E-state index contributed by atoms with van der Waals surface area (Å²) in [5, 5.41) is 3.12. The third-order valence-electron chi connectivity index (χ3n) is 5.40. The predicted molar refractivity (Wildman–Crippen MR) is 129 cm³/mol. The first kappa shape index (κ1) is 25.6. The first-order chi connectivity index (χ1) is 16.0. The third-order valence-corrected chi connectivity index (χ3v) is 5.76. The summed E-state index contributed by atoms with van der Waals surface area (Å²) in [4.78, 5) is 43.7. The van der Waals surface area contributed by atoms with Gasteiger partial charge in [-0.05, 0) is 46.1 Å². The fraction of sp³-hybridized carbons (Fsp3) is 0.500. The molecule has 0 spiro atoms. The molecule has 0 radical (unpaired) electrons. The van der Waals surface area contributed by atoms with Crippen molar-refractivity contribution in [1.29, 1.82) is 0 Å². The van der Waals surface area contributed by atoms with Crippen LogP contribution in [0.5, 0.6) is 0 Å². The lowest BCUT2D eigenvalue weighted by Crippen LogP contribution is -2.43. The van der Waals surface area contributed by atoms with Crippen LogP contribution >= 0.6 is 11.6 Å². The Morgan fingerprint density at radius 3 is 2.62 bits per heavy atom.